The number of rotatable bonds is 7. The molecular formula is C17H26N2O. The van der Waals surface area contributed by atoms with Crippen LogP contribution in [0.4, 0.5) is 0 Å². The Morgan fingerprint density at radius 2 is 1.90 bits per heavy atom. The van der Waals surface area contributed by atoms with Gasteiger partial charge in [-0.15, -0.1) is 0 Å². The Bertz CT molecular complexity index is 408. The van der Waals surface area contributed by atoms with Crippen LogP contribution < -0.4 is 5.32 Å². The molecule has 3 rings (SSSR count). The Balaban J connectivity index is 1.44. The van der Waals surface area contributed by atoms with Crippen molar-refractivity contribution in [3.63, 3.8) is 0 Å². The molecule has 1 aromatic carbocycles. The molecule has 0 amide bonds. The number of likely N-dealkylation sites (N-methyl/N-ethyl adjacent to an activating group) is 1. The van der Waals surface area contributed by atoms with Gasteiger partial charge in [0.15, 0.2) is 0 Å². The third kappa shape index (κ3) is 4.05. The van der Waals surface area contributed by atoms with Crippen LogP contribution in [0.1, 0.15) is 30.4 Å². The minimum Gasteiger partial charge on any atom is -0.380 e. The van der Waals surface area contributed by atoms with E-state index in [1.807, 2.05) is 0 Å². The number of nitrogens with zero attached hydrogens (tertiary/aromatic N) is 1. The number of nitrogens with one attached hydrogen (secondary N) is 1. The first-order chi connectivity index (χ1) is 9.81. The monoisotopic (exact) mass is 274 g/mol. The third-order valence-electron chi connectivity index (χ3n) is 4.41. The summed E-state index contributed by atoms with van der Waals surface area (Å²) < 4.78 is 5.46. The smallest absolute Gasteiger partial charge is 0.0622 e. The van der Waals surface area contributed by atoms with Crippen molar-refractivity contribution in [2.45, 2.75) is 44.3 Å². The third-order valence-corrected chi connectivity index (χ3v) is 4.41. The van der Waals surface area contributed by atoms with Crippen LogP contribution in [-0.4, -0.2) is 43.8 Å². The van der Waals surface area contributed by atoms with Crippen LogP contribution in [0.15, 0.2) is 24.3 Å². The number of hydrogen-bond donors (Lipinski definition) is 1. The van der Waals surface area contributed by atoms with Crippen LogP contribution in [0, 0.1) is 0 Å². The first-order valence-electron chi connectivity index (χ1n) is 7.90. The molecular weight excluding hydrogens is 248 g/mol. The fourth-order valence-electron chi connectivity index (χ4n) is 2.81. The fraction of sp³-hybridized carbons (Fsp3) is 0.647. The molecule has 20 heavy (non-hydrogen) atoms. The minimum absolute atomic E-state index is 0.595. The zero-order valence-electron chi connectivity index (χ0n) is 12.5. The van der Waals surface area contributed by atoms with Crippen molar-refractivity contribution in [3.05, 3.63) is 35.4 Å². The van der Waals surface area contributed by atoms with E-state index in [1.54, 1.807) is 0 Å². The van der Waals surface area contributed by atoms with E-state index in [9.17, 15) is 0 Å². The second-order valence-corrected chi connectivity index (χ2v) is 6.23. The molecule has 1 saturated heterocycles. The van der Waals surface area contributed by atoms with Crippen LogP contribution in [0.5, 0.6) is 0 Å². The first-order valence-corrected chi connectivity index (χ1v) is 7.90. The normalized spacial score (nSPS) is 22.6. The van der Waals surface area contributed by atoms with Crippen molar-refractivity contribution in [3.8, 4) is 0 Å². The molecule has 1 saturated carbocycles. The molecule has 110 valence electrons. The molecule has 0 aromatic heterocycles. The number of benzene rings is 1. The summed E-state index contributed by atoms with van der Waals surface area (Å²) >= 11 is 0. The van der Waals surface area contributed by atoms with E-state index in [2.05, 4.69) is 41.5 Å². The predicted octanol–water partition coefficient (Wildman–Crippen LogP) is 2.20. The molecule has 1 N–H and O–H groups in total. The molecule has 2 fully saturated rings. The summed E-state index contributed by atoms with van der Waals surface area (Å²) in [6, 6.07) is 10.5. The van der Waals surface area contributed by atoms with Gasteiger partial charge in [0.05, 0.1) is 6.61 Å². The molecule has 1 aliphatic heterocycles. The lowest BCUT2D eigenvalue weighted by molar-refractivity contribution is 0.156. The van der Waals surface area contributed by atoms with Crippen LogP contribution in [-0.2, 0) is 17.7 Å². The zero-order chi connectivity index (χ0) is 13.8. The zero-order valence-corrected chi connectivity index (χ0v) is 12.5. The van der Waals surface area contributed by atoms with Crippen molar-refractivity contribution >= 4 is 0 Å². The van der Waals surface area contributed by atoms with Gasteiger partial charge in [0.1, 0.15) is 0 Å². The van der Waals surface area contributed by atoms with Crippen molar-refractivity contribution in [2.24, 2.45) is 0 Å². The Morgan fingerprint density at radius 3 is 2.55 bits per heavy atom. The summed E-state index contributed by atoms with van der Waals surface area (Å²) in [5, 5.41) is 3.57. The Morgan fingerprint density at radius 1 is 1.15 bits per heavy atom. The molecule has 1 heterocycles. The molecule has 1 atom stereocenters. The van der Waals surface area contributed by atoms with Gasteiger partial charge < -0.3 is 10.1 Å². The summed E-state index contributed by atoms with van der Waals surface area (Å²) in [7, 11) is 2.20. The highest BCUT2D eigenvalue weighted by Crippen LogP contribution is 2.18. The maximum absolute atomic E-state index is 5.46. The standard InChI is InChI=1S/C17H26N2O/c1-19(17-9-11-20-13-17)12-15-4-2-14(3-5-15)8-10-18-16-6-7-16/h2-5,16-18H,6-13H2,1H3. The number of hydrogen-bond acceptors (Lipinski definition) is 3. The van der Waals surface area contributed by atoms with Crippen LogP contribution in [0.3, 0.4) is 0 Å². The summed E-state index contributed by atoms with van der Waals surface area (Å²) in [6.45, 7) is 3.95. The summed E-state index contributed by atoms with van der Waals surface area (Å²) in [4.78, 5) is 2.41. The molecule has 2 aliphatic rings. The van der Waals surface area contributed by atoms with Gasteiger partial charge in [0, 0.05) is 25.2 Å². The molecule has 1 aliphatic carbocycles. The molecule has 1 unspecified atom stereocenters. The molecule has 1 aromatic rings. The average molecular weight is 274 g/mol. The van der Waals surface area contributed by atoms with E-state index < -0.39 is 0 Å². The lowest BCUT2D eigenvalue weighted by Gasteiger charge is -2.22. The Labute approximate surface area is 122 Å². The Kier molecular flexibility index (Phi) is 4.71. The van der Waals surface area contributed by atoms with Gasteiger partial charge in [-0.05, 0) is 50.4 Å². The van der Waals surface area contributed by atoms with Gasteiger partial charge in [0.25, 0.3) is 0 Å². The van der Waals surface area contributed by atoms with E-state index in [4.69, 9.17) is 4.74 Å². The predicted molar refractivity (Wildman–Crippen MR) is 81.9 cm³/mol. The van der Waals surface area contributed by atoms with Gasteiger partial charge >= 0.3 is 0 Å². The summed E-state index contributed by atoms with van der Waals surface area (Å²) in [5.74, 6) is 0. The molecule has 3 nitrogen and oxygen atoms in total. The molecule has 0 radical (unpaired) electrons. The van der Waals surface area contributed by atoms with Gasteiger partial charge in [-0.3, -0.25) is 4.90 Å². The maximum atomic E-state index is 5.46. The summed E-state index contributed by atoms with van der Waals surface area (Å²) in [6.07, 6.45) is 5.05. The topological polar surface area (TPSA) is 24.5 Å². The van der Waals surface area contributed by atoms with Gasteiger partial charge in [-0.25, -0.2) is 0 Å². The highest BCUT2D eigenvalue weighted by Gasteiger charge is 2.20. The van der Waals surface area contributed by atoms with Gasteiger partial charge in [-0.1, -0.05) is 24.3 Å². The lowest BCUT2D eigenvalue weighted by atomic mass is 10.1. The van der Waals surface area contributed by atoms with E-state index >= 15 is 0 Å². The SMILES string of the molecule is CN(Cc1ccc(CCNC2CC2)cc1)C1CCOC1. The van der Waals surface area contributed by atoms with E-state index in [0.29, 0.717) is 6.04 Å². The van der Waals surface area contributed by atoms with Crippen molar-refractivity contribution in [2.75, 3.05) is 26.8 Å². The first kappa shape index (κ1) is 14.1. The summed E-state index contributed by atoms with van der Waals surface area (Å²) in [5.41, 5.74) is 2.84. The molecule has 3 heteroatoms. The molecule has 0 bridgehead atoms. The second kappa shape index (κ2) is 6.70. The molecule has 0 spiro atoms. The Hall–Kier alpha value is -0.900. The van der Waals surface area contributed by atoms with Crippen molar-refractivity contribution < 1.29 is 4.74 Å². The van der Waals surface area contributed by atoms with Crippen LogP contribution >= 0.6 is 0 Å². The van der Waals surface area contributed by atoms with Crippen molar-refractivity contribution in [1.82, 2.24) is 10.2 Å². The maximum Gasteiger partial charge on any atom is 0.0622 e. The average Bonchev–Trinajstić information content (AvgIpc) is 3.11. The lowest BCUT2D eigenvalue weighted by Crippen LogP contribution is -2.31. The largest absolute Gasteiger partial charge is 0.380 e. The highest BCUT2D eigenvalue weighted by molar-refractivity contribution is 5.22. The second-order valence-electron chi connectivity index (χ2n) is 6.23. The van der Waals surface area contributed by atoms with E-state index in [0.717, 1.165) is 38.8 Å². The van der Waals surface area contributed by atoms with E-state index in [-0.39, 0.29) is 0 Å². The number of ether oxygens (including phenoxy) is 1. The minimum atomic E-state index is 0.595. The van der Waals surface area contributed by atoms with Crippen molar-refractivity contribution in [1.29, 1.82) is 0 Å². The van der Waals surface area contributed by atoms with E-state index in [1.165, 1.54) is 30.4 Å². The fourth-order valence-corrected chi connectivity index (χ4v) is 2.81. The highest BCUT2D eigenvalue weighted by atomic mass is 16.5. The van der Waals surface area contributed by atoms with Gasteiger partial charge in [0.2, 0.25) is 0 Å². The van der Waals surface area contributed by atoms with Crippen LogP contribution in [0.2, 0.25) is 0 Å². The van der Waals surface area contributed by atoms with Gasteiger partial charge in [-0.2, -0.15) is 0 Å². The quantitative estimate of drug-likeness (QED) is 0.825. The van der Waals surface area contributed by atoms with Crippen LogP contribution in [0.25, 0.3) is 0 Å².